The van der Waals surface area contributed by atoms with Crippen molar-refractivity contribution in [2.24, 2.45) is 18.4 Å². The number of carbonyl (C=O) groups is 1. The second-order valence-electron chi connectivity index (χ2n) is 8.22. The molecule has 1 aliphatic carbocycles. The van der Waals surface area contributed by atoms with Crippen LogP contribution in [0.5, 0.6) is 0 Å². The first-order chi connectivity index (χ1) is 12.1. The van der Waals surface area contributed by atoms with Crippen LogP contribution in [-0.2, 0) is 23.1 Å². The van der Waals surface area contributed by atoms with Crippen LogP contribution >= 0.6 is 0 Å². The van der Waals surface area contributed by atoms with Gasteiger partial charge < -0.3 is 9.64 Å². The van der Waals surface area contributed by atoms with Crippen LogP contribution in [-0.4, -0.2) is 64.9 Å². The minimum absolute atomic E-state index is 0.175. The monoisotopic (exact) mass is 346 g/mol. The Labute approximate surface area is 150 Å². The third kappa shape index (κ3) is 3.60. The third-order valence-corrected chi connectivity index (χ3v) is 6.35. The number of carbonyl (C=O) groups excluding carboxylic acids is 1. The Kier molecular flexibility index (Phi) is 4.82. The summed E-state index contributed by atoms with van der Waals surface area (Å²) in [5, 5.41) is 4.28. The van der Waals surface area contributed by atoms with Crippen LogP contribution in [0.15, 0.2) is 12.4 Å². The lowest BCUT2D eigenvalue weighted by atomic mass is 9.81. The highest BCUT2D eigenvalue weighted by atomic mass is 16.5. The summed E-state index contributed by atoms with van der Waals surface area (Å²) in [6.45, 7) is 6.03. The first-order valence-electron chi connectivity index (χ1n) is 9.70. The van der Waals surface area contributed by atoms with Gasteiger partial charge in [-0.3, -0.25) is 14.4 Å². The fraction of sp³-hybridized carbons (Fsp3) is 0.789. The number of amides is 1. The number of rotatable bonds is 6. The van der Waals surface area contributed by atoms with Crippen LogP contribution in [0.4, 0.5) is 0 Å². The highest BCUT2D eigenvalue weighted by Crippen LogP contribution is 2.49. The number of likely N-dealkylation sites (tertiary alicyclic amines) is 2. The summed E-state index contributed by atoms with van der Waals surface area (Å²) in [6.07, 6.45) is 10.2. The van der Waals surface area contributed by atoms with Gasteiger partial charge in [0.25, 0.3) is 0 Å². The second-order valence-corrected chi connectivity index (χ2v) is 8.22. The van der Waals surface area contributed by atoms with E-state index in [-0.39, 0.29) is 17.9 Å². The van der Waals surface area contributed by atoms with Gasteiger partial charge in [-0.2, -0.15) is 5.10 Å². The van der Waals surface area contributed by atoms with Crippen molar-refractivity contribution >= 4 is 5.91 Å². The summed E-state index contributed by atoms with van der Waals surface area (Å²) in [5.74, 6) is 0.889. The fourth-order valence-electron chi connectivity index (χ4n) is 5.09. The van der Waals surface area contributed by atoms with E-state index >= 15 is 0 Å². The summed E-state index contributed by atoms with van der Waals surface area (Å²) < 4.78 is 7.83. The van der Waals surface area contributed by atoms with Crippen molar-refractivity contribution < 1.29 is 9.53 Å². The van der Waals surface area contributed by atoms with Gasteiger partial charge in [0.15, 0.2) is 0 Å². The summed E-state index contributed by atoms with van der Waals surface area (Å²) in [6, 6.07) is 0. The Bertz CT molecular complexity index is 610. The Morgan fingerprint density at radius 3 is 2.96 bits per heavy atom. The molecule has 3 fully saturated rings. The number of hydrogen-bond donors (Lipinski definition) is 0. The maximum absolute atomic E-state index is 12.2. The first kappa shape index (κ1) is 17.0. The van der Waals surface area contributed by atoms with Gasteiger partial charge >= 0.3 is 0 Å². The summed E-state index contributed by atoms with van der Waals surface area (Å²) in [7, 11) is 1.97. The minimum Gasteiger partial charge on any atom is -0.371 e. The van der Waals surface area contributed by atoms with Crippen molar-refractivity contribution in [1.82, 2.24) is 19.6 Å². The molecule has 1 amide bonds. The number of aromatic nitrogens is 2. The molecule has 1 saturated carbocycles. The molecule has 25 heavy (non-hydrogen) atoms. The van der Waals surface area contributed by atoms with Crippen LogP contribution < -0.4 is 0 Å². The lowest BCUT2D eigenvalue weighted by Crippen LogP contribution is -2.36. The normalized spacial score (nSPS) is 29.5. The molecule has 3 heterocycles. The van der Waals surface area contributed by atoms with Crippen LogP contribution in [0.25, 0.3) is 0 Å². The molecule has 0 unspecified atom stereocenters. The smallest absolute Gasteiger partial charge is 0.248 e. The number of hydrogen-bond acceptors (Lipinski definition) is 4. The van der Waals surface area contributed by atoms with Gasteiger partial charge in [-0.15, -0.1) is 0 Å². The van der Waals surface area contributed by atoms with Crippen molar-refractivity contribution in [3.63, 3.8) is 0 Å². The quantitative estimate of drug-likeness (QED) is 0.786. The van der Waals surface area contributed by atoms with Crippen LogP contribution in [0.3, 0.4) is 0 Å². The molecule has 3 aliphatic rings. The predicted octanol–water partition coefficient (Wildman–Crippen LogP) is 1.66. The lowest BCUT2D eigenvalue weighted by Gasteiger charge is -2.29. The standard InChI is InChI=1S/C19H30N4O2/c1-21-10-16(9-20-21)11-22-12-17-5-4-6-19(17,14-22)15-25-13-18(24)23-7-2-3-8-23/h9-10,17H,2-8,11-15H2,1H3/t17-,19+/m1/s1. The first-order valence-corrected chi connectivity index (χ1v) is 9.70. The van der Waals surface area contributed by atoms with E-state index in [1.165, 1.54) is 24.8 Å². The van der Waals surface area contributed by atoms with Gasteiger partial charge in [0, 0.05) is 56.9 Å². The topological polar surface area (TPSA) is 50.6 Å². The van der Waals surface area contributed by atoms with E-state index in [0.717, 1.165) is 52.2 Å². The molecule has 2 saturated heterocycles. The maximum Gasteiger partial charge on any atom is 0.248 e. The van der Waals surface area contributed by atoms with E-state index in [1.807, 2.05) is 22.8 Å². The van der Waals surface area contributed by atoms with Gasteiger partial charge in [-0.25, -0.2) is 0 Å². The highest BCUT2D eigenvalue weighted by Gasteiger charge is 2.49. The van der Waals surface area contributed by atoms with E-state index in [1.54, 1.807) is 0 Å². The lowest BCUT2D eigenvalue weighted by molar-refractivity contribution is -0.136. The molecule has 2 aliphatic heterocycles. The van der Waals surface area contributed by atoms with E-state index in [2.05, 4.69) is 16.2 Å². The Morgan fingerprint density at radius 2 is 2.20 bits per heavy atom. The minimum atomic E-state index is 0.175. The van der Waals surface area contributed by atoms with Gasteiger partial charge in [-0.1, -0.05) is 6.42 Å². The van der Waals surface area contributed by atoms with Gasteiger partial charge in [0.05, 0.1) is 12.8 Å². The number of ether oxygens (including phenoxy) is 1. The van der Waals surface area contributed by atoms with Crippen molar-refractivity contribution in [3.8, 4) is 0 Å². The zero-order valence-corrected chi connectivity index (χ0v) is 15.3. The van der Waals surface area contributed by atoms with Gasteiger partial charge in [-0.05, 0) is 31.6 Å². The predicted molar refractivity (Wildman–Crippen MR) is 94.9 cm³/mol. The number of fused-ring (bicyclic) bond motifs is 1. The van der Waals surface area contributed by atoms with Crippen LogP contribution in [0.2, 0.25) is 0 Å². The van der Waals surface area contributed by atoms with Crippen molar-refractivity contribution in [1.29, 1.82) is 0 Å². The molecule has 0 bridgehead atoms. The van der Waals surface area contributed by atoms with Crippen molar-refractivity contribution in [2.75, 3.05) is 39.4 Å². The molecular weight excluding hydrogens is 316 g/mol. The molecule has 0 spiro atoms. The summed E-state index contributed by atoms with van der Waals surface area (Å²) in [5.41, 5.74) is 1.54. The zero-order chi connectivity index (χ0) is 17.3. The second kappa shape index (κ2) is 7.08. The fourth-order valence-corrected chi connectivity index (χ4v) is 5.09. The van der Waals surface area contributed by atoms with E-state index < -0.39 is 0 Å². The number of nitrogens with zero attached hydrogens (tertiary/aromatic N) is 4. The largest absolute Gasteiger partial charge is 0.371 e. The van der Waals surface area contributed by atoms with Crippen LogP contribution in [0.1, 0.15) is 37.7 Å². The maximum atomic E-state index is 12.2. The molecule has 1 aromatic rings. The summed E-state index contributed by atoms with van der Waals surface area (Å²) >= 11 is 0. The molecule has 0 radical (unpaired) electrons. The van der Waals surface area contributed by atoms with Crippen LogP contribution in [0, 0.1) is 11.3 Å². The van der Waals surface area contributed by atoms with E-state index in [9.17, 15) is 4.79 Å². The van der Waals surface area contributed by atoms with E-state index in [4.69, 9.17) is 4.74 Å². The molecule has 2 atom stereocenters. The molecule has 6 nitrogen and oxygen atoms in total. The highest BCUT2D eigenvalue weighted by molar-refractivity contribution is 5.77. The molecule has 4 rings (SSSR count). The van der Waals surface area contributed by atoms with Gasteiger partial charge in [0.2, 0.25) is 5.91 Å². The third-order valence-electron chi connectivity index (χ3n) is 6.35. The van der Waals surface area contributed by atoms with E-state index in [0.29, 0.717) is 5.92 Å². The Morgan fingerprint density at radius 1 is 1.36 bits per heavy atom. The zero-order valence-electron chi connectivity index (χ0n) is 15.3. The van der Waals surface area contributed by atoms with Crippen molar-refractivity contribution in [3.05, 3.63) is 18.0 Å². The summed E-state index contributed by atoms with van der Waals surface area (Å²) in [4.78, 5) is 16.7. The molecular formula is C19H30N4O2. The molecule has 0 N–H and O–H groups in total. The van der Waals surface area contributed by atoms with Gasteiger partial charge in [0.1, 0.15) is 6.61 Å². The number of aryl methyl sites for hydroxylation is 1. The Balaban J connectivity index is 1.30. The molecule has 1 aromatic heterocycles. The van der Waals surface area contributed by atoms with Crippen molar-refractivity contribution in [2.45, 2.75) is 38.6 Å². The molecule has 0 aromatic carbocycles. The average Bonchev–Trinajstić information content (AvgIpc) is 3.32. The average molecular weight is 346 g/mol. The molecule has 6 heteroatoms. The Hall–Kier alpha value is -1.40. The molecule has 138 valence electrons. The SMILES string of the molecule is Cn1cc(CN2C[C@H]3CCC[C@@]3(COCC(=O)N3CCCC3)C2)cn1.